The van der Waals surface area contributed by atoms with Gasteiger partial charge < -0.3 is 5.32 Å². The van der Waals surface area contributed by atoms with Crippen LogP contribution < -0.4 is 5.32 Å². The third kappa shape index (κ3) is 3.58. The van der Waals surface area contributed by atoms with Gasteiger partial charge in [-0.1, -0.05) is 35.9 Å². The lowest BCUT2D eigenvalue weighted by atomic mass is 10.00. The van der Waals surface area contributed by atoms with Crippen LogP contribution in [0.5, 0.6) is 0 Å². The Labute approximate surface area is 126 Å². The highest BCUT2D eigenvalue weighted by molar-refractivity contribution is 6.33. The predicted octanol–water partition coefficient (Wildman–Crippen LogP) is 3.99. The summed E-state index contributed by atoms with van der Waals surface area (Å²) in [4.78, 5) is 22.3. The number of nitro groups is 1. The van der Waals surface area contributed by atoms with E-state index < -0.39 is 10.8 Å². The molecule has 108 valence electrons. The van der Waals surface area contributed by atoms with E-state index in [0.29, 0.717) is 16.3 Å². The second-order valence-electron chi connectivity index (χ2n) is 4.54. The number of hydrogen-bond donors (Lipinski definition) is 1. The Hall–Kier alpha value is -2.40. The summed E-state index contributed by atoms with van der Waals surface area (Å²) in [6, 6.07) is 12.9. The van der Waals surface area contributed by atoms with Gasteiger partial charge in [-0.25, -0.2) is 0 Å². The lowest BCUT2D eigenvalue weighted by Gasteiger charge is -2.13. The van der Waals surface area contributed by atoms with Gasteiger partial charge in [0.05, 0.1) is 21.6 Å². The first-order valence-electron chi connectivity index (χ1n) is 6.29. The standard InChI is InChI=1S/C15H13ClN2O3/c1-10(11-6-8-12(9-7-11)18(20)21)15(19)17-14-5-3-2-4-13(14)16/h2-10H,1H3,(H,17,19)/t10-/m0/s1. The van der Waals surface area contributed by atoms with E-state index in [4.69, 9.17) is 11.6 Å². The van der Waals surface area contributed by atoms with Crippen molar-refractivity contribution in [2.24, 2.45) is 0 Å². The fraction of sp³-hybridized carbons (Fsp3) is 0.133. The molecule has 2 rings (SSSR count). The van der Waals surface area contributed by atoms with Gasteiger partial charge in [-0.2, -0.15) is 0 Å². The van der Waals surface area contributed by atoms with Crippen molar-refractivity contribution in [3.63, 3.8) is 0 Å². The number of halogens is 1. The van der Waals surface area contributed by atoms with Crippen molar-refractivity contribution in [1.29, 1.82) is 0 Å². The molecule has 0 saturated heterocycles. The Balaban J connectivity index is 2.12. The minimum atomic E-state index is -0.474. The van der Waals surface area contributed by atoms with Gasteiger partial charge in [0, 0.05) is 12.1 Å². The zero-order valence-corrected chi connectivity index (χ0v) is 12.0. The number of nitro benzene ring substituents is 1. The van der Waals surface area contributed by atoms with E-state index in [9.17, 15) is 14.9 Å². The molecule has 0 saturated carbocycles. The van der Waals surface area contributed by atoms with Gasteiger partial charge in [0.25, 0.3) is 5.69 Å². The fourth-order valence-corrected chi connectivity index (χ4v) is 2.02. The highest BCUT2D eigenvalue weighted by Gasteiger charge is 2.17. The van der Waals surface area contributed by atoms with Crippen LogP contribution >= 0.6 is 11.6 Å². The van der Waals surface area contributed by atoms with Gasteiger partial charge in [0.15, 0.2) is 0 Å². The van der Waals surface area contributed by atoms with Crippen molar-refractivity contribution in [1.82, 2.24) is 0 Å². The van der Waals surface area contributed by atoms with Crippen LogP contribution in [0.3, 0.4) is 0 Å². The van der Waals surface area contributed by atoms with Gasteiger partial charge in [-0.05, 0) is 24.6 Å². The van der Waals surface area contributed by atoms with E-state index in [-0.39, 0.29) is 11.6 Å². The number of carbonyl (C=O) groups excluding carboxylic acids is 1. The second kappa shape index (κ2) is 6.37. The Kier molecular flexibility index (Phi) is 4.55. The number of benzene rings is 2. The summed E-state index contributed by atoms with van der Waals surface area (Å²) in [5, 5.41) is 13.8. The molecule has 0 heterocycles. The van der Waals surface area contributed by atoms with Crippen LogP contribution in [0.25, 0.3) is 0 Å². The normalized spacial score (nSPS) is 11.7. The van der Waals surface area contributed by atoms with Crippen LogP contribution in [0, 0.1) is 10.1 Å². The number of rotatable bonds is 4. The number of hydrogen-bond acceptors (Lipinski definition) is 3. The molecule has 0 aromatic heterocycles. The summed E-state index contributed by atoms with van der Waals surface area (Å²) < 4.78 is 0. The van der Waals surface area contributed by atoms with E-state index in [1.807, 2.05) is 0 Å². The molecule has 5 nitrogen and oxygen atoms in total. The van der Waals surface area contributed by atoms with Gasteiger partial charge in [0.2, 0.25) is 5.91 Å². The SMILES string of the molecule is C[C@H](C(=O)Nc1ccccc1Cl)c1ccc([N+](=O)[O-])cc1. The van der Waals surface area contributed by atoms with Crippen LogP contribution in [-0.4, -0.2) is 10.8 Å². The minimum Gasteiger partial charge on any atom is -0.324 e. The van der Waals surface area contributed by atoms with Gasteiger partial charge >= 0.3 is 0 Å². The van der Waals surface area contributed by atoms with E-state index >= 15 is 0 Å². The number of anilines is 1. The molecular weight excluding hydrogens is 292 g/mol. The molecule has 1 atom stereocenters. The first-order valence-corrected chi connectivity index (χ1v) is 6.66. The Bertz CT molecular complexity index is 671. The number of amides is 1. The molecule has 0 aliphatic heterocycles. The number of para-hydroxylation sites is 1. The van der Waals surface area contributed by atoms with Crippen molar-refractivity contribution in [2.75, 3.05) is 5.32 Å². The zero-order chi connectivity index (χ0) is 15.4. The smallest absolute Gasteiger partial charge is 0.269 e. The monoisotopic (exact) mass is 304 g/mol. The number of nitrogens with zero attached hydrogens (tertiary/aromatic N) is 1. The molecule has 0 fully saturated rings. The maximum atomic E-state index is 12.2. The van der Waals surface area contributed by atoms with Crippen LogP contribution in [0.15, 0.2) is 48.5 Å². The molecule has 0 radical (unpaired) electrons. The average molecular weight is 305 g/mol. The summed E-state index contributed by atoms with van der Waals surface area (Å²) >= 11 is 5.98. The Morgan fingerprint density at radius 2 is 1.81 bits per heavy atom. The summed E-state index contributed by atoms with van der Waals surface area (Å²) in [5.74, 6) is -0.668. The first-order chi connectivity index (χ1) is 9.99. The maximum Gasteiger partial charge on any atom is 0.269 e. The molecule has 2 aromatic rings. The average Bonchev–Trinajstić information content (AvgIpc) is 2.49. The van der Waals surface area contributed by atoms with Crippen LogP contribution in [-0.2, 0) is 4.79 Å². The van der Waals surface area contributed by atoms with Crippen molar-refractivity contribution in [3.05, 3.63) is 69.2 Å². The van der Waals surface area contributed by atoms with Crippen LogP contribution in [0.1, 0.15) is 18.4 Å². The topological polar surface area (TPSA) is 72.2 Å². The quantitative estimate of drug-likeness (QED) is 0.685. The highest BCUT2D eigenvalue weighted by atomic mass is 35.5. The summed E-state index contributed by atoms with van der Waals surface area (Å²) in [7, 11) is 0. The van der Waals surface area contributed by atoms with Gasteiger partial charge in [-0.3, -0.25) is 14.9 Å². The lowest BCUT2D eigenvalue weighted by Crippen LogP contribution is -2.19. The van der Waals surface area contributed by atoms with Crippen molar-refractivity contribution in [2.45, 2.75) is 12.8 Å². The number of nitrogens with one attached hydrogen (secondary N) is 1. The van der Waals surface area contributed by atoms with Crippen molar-refractivity contribution < 1.29 is 9.72 Å². The van der Waals surface area contributed by atoms with Gasteiger partial charge in [-0.15, -0.1) is 0 Å². The summed E-state index contributed by atoms with van der Waals surface area (Å²) in [6.07, 6.45) is 0. The van der Waals surface area contributed by atoms with E-state index in [2.05, 4.69) is 5.32 Å². The molecular formula is C15H13ClN2O3. The Morgan fingerprint density at radius 1 is 1.19 bits per heavy atom. The minimum absolute atomic E-state index is 0.00235. The van der Waals surface area contributed by atoms with Crippen LogP contribution in [0.4, 0.5) is 11.4 Å². The molecule has 0 spiro atoms. The molecule has 0 bridgehead atoms. The first kappa shape index (κ1) is 15.0. The van der Waals surface area contributed by atoms with Gasteiger partial charge in [0.1, 0.15) is 0 Å². The molecule has 6 heteroatoms. The van der Waals surface area contributed by atoms with Crippen molar-refractivity contribution >= 4 is 28.9 Å². The molecule has 0 aliphatic carbocycles. The molecule has 1 N–H and O–H groups in total. The number of non-ortho nitro benzene ring substituents is 1. The maximum absolute atomic E-state index is 12.2. The highest BCUT2D eigenvalue weighted by Crippen LogP contribution is 2.24. The van der Waals surface area contributed by atoms with E-state index in [0.717, 1.165) is 0 Å². The predicted molar refractivity (Wildman–Crippen MR) is 81.6 cm³/mol. The van der Waals surface area contributed by atoms with E-state index in [1.54, 1.807) is 43.3 Å². The van der Waals surface area contributed by atoms with Crippen LogP contribution in [0.2, 0.25) is 5.02 Å². The summed E-state index contributed by atoms with van der Waals surface area (Å²) in [6.45, 7) is 1.73. The number of carbonyl (C=O) groups is 1. The molecule has 0 aliphatic rings. The molecule has 21 heavy (non-hydrogen) atoms. The molecule has 1 amide bonds. The molecule has 2 aromatic carbocycles. The molecule has 0 unspecified atom stereocenters. The Morgan fingerprint density at radius 3 is 2.38 bits per heavy atom. The largest absolute Gasteiger partial charge is 0.324 e. The second-order valence-corrected chi connectivity index (χ2v) is 4.95. The third-order valence-electron chi connectivity index (χ3n) is 3.13. The zero-order valence-electron chi connectivity index (χ0n) is 11.2. The fourth-order valence-electron chi connectivity index (χ4n) is 1.84. The third-order valence-corrected chi connectivity index (χ3v) is 3.46. The van der Waals surface area contributed by atoms with E-state index in [1.165, 1.54) is 12.1 Å². The van der Waals surface area contributed by atoms with Crippen molar-refractivity contribution in [3.8, 4) is 0 Å². The lowest BCUT2D eigenvalue weighted by molar-refractivity contribution is -0.384. The summed E-state index contributed by atoms with van der Waals surface area (Å²) in [5.41, 5.74) is 1.24.